The van der Waals surface area contributed by atoms with E-state index < -0.39 is 17.9 Å². The van der Waals surface area contributed by atoms with Gasteiger partial charge in [0.05, 0.1) is 0 Å². The maximum absolute atomic E-state index is 12.3. The van der Waals surface area contributed by atoms with E-state index in [1.807, 2.05) is 0 Å². The number of alkyl halides is 2. The minimum absolute atomic E-state index is 0.139. The fraction of sp³-hybridized carbons (Fsp3) is 0.833. The number of carbonyl (C=O) groups is 1. The monoisotopic (exact) mass is 164 g/mol. The van der Waals surface area contributed by atoms with Gasteiger partial charge >= 0.3 is 0 Å². The normalized spacial score (nSPS) is 31.2. The highest BCUT2D eigenvalue weighted by molar-refractivity contribution is 5.85. The maximum atomic E-state index is 12.3. The lowest BCUT2D eigenvalue weighted by molar-refractivity contribution is -0.130. The third-order valence-electron chi connectivity index (χ3n) is 2.00. The second-order valence-corrected chi connectivity index (χ2v) is 2.67. The molecule has 0 bridgehead atoms. The highest BCUT2D eigenvalue weighted by Gasteiger charge is 2.47. The summed E-state index contributed by atoms with van der Waals surface area (Å²) in [5.41, 5.74) is 3.10. The van der Waals surface area contributed by atoms with Gasteiger partial charge in [0.1, 0.15) is 0 Å². The highest BCUT2D eigenvalue weighted by atomic mass is 19.3. The summed E-state index contributed by atoms with van der Waals surface area (Å²) >= 11 is 0. The molecule has 0 aromatic heterocycles. The summed E-state index contributed by atoms with van der Waals surface area (Å²) in [4.78, 5) is 10.6. The van der Waals surface area contributed by atoms with E-state index in [0.29, 0.717) is 13.0 Å². The average molecular weight is 164 g/mol. The van der Waals surface area contributed by atoms with Crippen molar-refractivity contribution < 1.29 is 13.6 Å². The molecule has 5 heteroatoms. The van der Waals surface area contributed by atoms with Crippen LogP contribution in [0.2, 0.25) is 0 Å². The van der Waals surface area contributed by atoms with E-state index in [9.17, 15) is 13.6 Å². The third kappa shape index (κ3) is 1.20. The van der Waals surface area contributed by atoms with Gasteiger partial charge in [-0.3, -0.25) is 10.1 Å². The van der Waals surface area contributed by atoms with E-state index in [1.165, 1.54) is 0 Å². The van der Waals surface area contributed by atoms with Crippen molar-refractivity contribution in [3.8, 4) is 0 Å². The zero-order valence-corrected chi connectivity index (χ0v) is 5.94. The number of primary amides is 1. The molecule has 1 rings (SSSR count). The molecule has 1 fully saturated rings. The molecule has 1 atom stereocenters. The average Bonchev–Trinajstić information content (AvgIpc) is 2.34. The lowest BCUT2D eigenvalue weighted by Gasteiger charge is -2.23. The van der Waals surface area contributed by atoms with Crippen LogP contribution in [-0.2, 0) is 4.79 Å². The molecular weight excluding hydrogens is 154 g/mol. The lowest BCUT2D eigenvalue weighted by atomic mass is 9.98. The van der Waals surface area contributed by atoms with E-state index in [1.54, 1.807) is 0 Å². The van der Waals surface area contributed by atoms with Crippen molar-refractivity contribution in [3.63, 3.8) is 0 Å². The number of rotatable bonds is 2. The smallest absolute Gasteiger partial charge is 0.265 e. The van der Waals surface area contributed by atoms with Gasteiger partial charge < -0.3 is 5.73 Å². The summed E-state index contributed by atoms with van der Waals surface area (Å²) in [5, 5.41) is 2.44. The van der Waals surface area contributed by atoms with Gasteiger partial charge in [0.2, 0.25) is 5.91 Å². The van der Waals surface area contributed by atoms with Gasteiger partial charge in [-0.05, 0) is 19.4 Å². The van der Waals surface area contributed by atoms with Crippen LogP contribution in [0.3, 0.4) is 0 Å². The van der Waals surface area contributed by atoms with Crippen LogP contribution in [0.5, 0.6) is 0 Å². The molecule has 0 aromatic rings. The standard InChI is InChI=1S/C6H10F2N2O/c7-4(8)6(5(9)11)2-1-3-10-6/h4,10H,1-3H2,(H2,9,11). The molecule has 0 spiro atoms. The SMILES string of the molecule is NC(=O)C1(C(F)F)CCCN1. The van der Waals surface area contributed by atoms with Crippen LogP contribution in [0.25, 0.3) is 0 Å². The number of carbonyl (C=O) groups excluding carboxylic acids is 1. The van der Waals surface area contributed by atoms with E-state index in [4.69, 9.17) is 5.73 Å². The second kappa shape index (κ2) is 2.73. The zero-order chi connectivity index (χ0) is 8.48. The van der Waals surface area contributed by atoms with E-state index in [-0.39, 0.29) is 6.42 Å². The largest absolute Gasteiger partial charge is 0.368 e. The molecule has 1 amide bonds. The van der Waals surface area contributed by atoms with Crippen LogP contribution < -0.4 is 11.1 Å². The van der Waals surface area contributed by atoms with Crippen molar-refractivity contribution in [2.45, 2.75) is 24.8 Å². The zero-order valence-electron chi connectivity index (χ0n) is 5.94. The van der Waals surface area contributed by atoms with Gasteiger partial charge in [-0.25, -0.2) is 8.78 Å². The number of nitrogens with one attached hydrogen (secondary N) is 1. The van der Waals surface area contributed by atoms with Gasteiger partial charge in [-0.1, -0.05) is 0 Å². The van der Waals surface area contributed by atoms with Gasteiger partial charge in [-0.15, -0.1) is 0 Å². The van der Waals surface area contributed by atoms with Crippen molar-refractivity contribution in [3.05, 3.63) is 0 Å². The molecule has 1 saturated heterocycles. The molecule has 1 heterocycles. The molecule has 3 nitrogen and oxygen atoms in total. The van der Waals surface area contributed by atoms with E-state index >= 15 is 0 Å². The Morgan fingerprint density at radius 2 is 2.27 bits per heavy atom. The predicted octanol–water partition coefficient (Wildman–Crippen LogP) is -0.141. The van der Waals surface area contributed by atoms with Gasteiger partial charge in [0, 0.05) is 0 Å². The van der Waals surface area contributed by atoms with Crippen molar-refractivity contribution in [1.29, 1.82) is 0 Å². The molecule has 1 aliphatic rings. The second-order valence-electron chi connectivity index (χ2n) is 2.67. The summed E-state index contributed by atoms with van der Waals surface area (Å²) in [6, 6.07) is 0. The van der Waals surface area contributed by atoms with Crippen molar-refractivity contribution in [2.24, 2.45) is 5.73 Å². The molecule has 3 N–H and O–H groups in total. The highest BCUT2D eigenvalue weighted by Crippen LogP contribution is 2.25. The Morgan fingerprint density at radius 1 is 1.64 bits per heavy atom. The Labute approximate surface area is 62.9 Å². The quantitative estimate of drug-likeness (QED) is 0.596. The summed E-state index contributed by atoms with van der Waals surface area (Å²) in [7, 11) is 0. The van der Waals surface area contributed by atoms with Crippen LogP contribution in [0.15, 0.2) is 0 Å². The fourth-order valence-electron chi connectivity index (χ4n) is 1.27. The van der Waals surface area contributed by atoms with Crippen molar-refractivity contribution in [1.82, 2.24) is 5.32 Å². The molecule has 0 aliphatic carbocycles. The Bertz CT molecular complexity index is 166. The first kappa shape index (κ1) is 8.39. The topological polar surface area (TPSA) is 55.1 Å². The number of hydrogen-bond acceptors (Lipinski definition) is 2. The van der Waals surface area contributed by atoms with Gasteiger partial charge in [-0.2, -0.15) is 0 Å². The lowest BCUT2D eigenvalue weighted by Crippen LogP contribution is -2.56. The minimum Gasteiger partial charge on any atom is -0.368 e. The summed E-state index contributed by atoms with van der Waals surface area (Å²) in [5.74, 6) is -0.954. The number of amides is 1. The molecule has 0 saturated carbocycles. The third-order valence-corrected chi connectivity index (χ3v) is 2.00. The first-order chi connectivity index (χ1) is 5.09. The first-order valence-corrected chi connectivity index (χ1v) is 3.43. The van der Waals surface area contributed by atoms with Crippen LogP contribution in [-0.4, -0.2) is 24.4 Å². The van der Waals surface area contributed by atoms with Gasteiger partial charge in [0.15, 0.2) is 5.54 Å². The predicted molar refractivity (Wildman–Crippen MR) is 35.2 cm³/mol. The molecule has 0 aromatic carbocycles. The Morgan fingerprint density at radius 3 is 2.45 bits per heavy atom. The Balaban J connectivity index is 2.79. The summed E-state index contributed by atoms with van der Waals surface area (Å²) in [6.45, 7) is 0.438. The summed E-state index contributed by atoms with van der Waals surface area (Å²) in [6.07, 6.45) is -1.99. The Kier molecular flexibility index (Phi) is 2.08. The van der Waals surface area contributed by atoms with Crippen LogP contribution >= 0.6 is 0 Å². The van der Waals surface area contributed by atoms with E-state index in [0.717, 1.165) is 0 Å². The fourth-order valence-corrected chi connectivity index (χ4v) is 1.27. The summed E-state index contributed by atoms with van der Waals surface area (Å²) < 4.78 is 24.6. The number of hydrogen-bond donors (Lipinski definition) is 2. The van der Waals surface area contributed by atoms with Crippen molar-refractivity contribution in [2.75, 3.05) is 6.54 Å². The minimum atomic E-state index is -2.71. The van der Waals surface area contributed by atoms with Gasteiger partial charge in [0.25, 0.3) is 6.43 Å². The van der Waals surface area contributed by atoms with E-state index in [2.05, 4.69) is 5.32 Å². The first-order valence-electron chi connectivity index (χ1n) is 3.43. The molecule has 64 valence electrons. The van der Waals surface area contributed by atoms with Crippen LogP contribution in [0.1, 0.15) is 12.8 Å². The van der Waals surface area contributed by atoms with Crippen molar-refractivity contribution >= 4 is 5.91 Å². The number of halogens is 2. The maximum Gasteiger partial charge on any atom is 0.265 e. The molecule has 1 unspecified atom stereocenters. The molecule has 1 aliphatic heterocycles. The molecule has 11 heavy (non-hydrogen) atoms. The van der Waals surface area contributed by atoms with Crippen LogP contribution in [0, 0.1) is 0 Å². The molecular formula is C6H10F2N2O. The number of nitrogens with two attached hydrogens (primary N) is 1. The van der Waals surface area contributed by atoms with Crippen LogP contribution in [0.4, 0.5) is 8.78 Å². The Hall–Kier alpha value is -0.710. The molecule has 0 radical (unpaired) electrons.